The number of hydrogen-bond donors (Lipinski definition) is 1. The molecule has 152 valence electrons. The van der Waals surface area contributed by atoms with Gasteiger partial charge in [-0.15, -0.1) is 0 Å². The van der Waals surface area contributed by atoms with Crippen LogP contribution in [-0.2, 0) is 22.1 Å². The van der Waals surface area contributed by atoms with Crippen LogP contribution in [0.25, 0.3) is 0 Å². The van der Waals surface area contributed by atoms with E-state index in [0.29, 0.717) is 38.9 Å². The van der Waals surface area contributed by atoms with Gasteiger partial charge in [-0.1, -0.05) is 18.2 Å². The Hall–Kier alpha value is -1.60. The van der Waals surface area contributed by atoms with Crippen LogP contribution in [0.5, 0.6) is 0 Å². The maximum absolute atomic E-state index is 13.4. The van der Waals surface area contributed by atoms with E-state index in [1.54, 1.807) is 19.9 Å². The average molecular weight is 387 g/mol. The second kappa shape index (κ2) is 9.06. The molecule has 2 rings (SSSR count). The van der Waals surface area contributed by atoms with E-state index < -0.39 is 29.2 Å². The fraction of sp³-hybridized carbons (Fsp3) is 0.650. The molecule has 0 aromatic heterocycles. The van der Waals surface area contributed by atoms with Gasteiger partial charge in [-0.05, 0) is 64.3 Å². The highest BCUT2D eigenvalue weighted by molar-refractivity contribution is 5.77. The fourth-order valence-electron chi connectivity index (χ4n) is 3.63. The molecule has 1 aromatic rings. The highest BCUT2D eigenvalue weighted by Gasteiger charge is 2.44. The quantitative estimate of drug-likeness (QED) is 0.726. The molecule has 0 saturated carbocycles. The van der Waals surface area contributed by atoms with E-state index in [9.17, 15) is 23.1 Å². The summed E-state index contributed by atoms with van der Waals surface area (Å²) in [5, 5.41) is 9.44. The molecule has 1 fully saturated rings. The van der Waals surface area contributed by atoms with Crippen LogP contribution in [0.4, 0.5) is 13.2 Å². The van der Waals surface area contributed by atoms with Gasteiger partial charge in [-0.3, -0.25) is 4.79 Å². The number of alkyl halides is 3. The smallest absolute Gasteiger partial charge is 0.416 e. The van der Waals surface area contributed by atoms with E-state index in [1.165, 1.54) is 12.1 Å². The van der Waals surface area contributed by atoms with Crippen molar-refractivity contribution in [2.75, 3.05) is 26.2 Å². The Morgan fingerprint density at radius 1 is 1.30 bits per heavy atom. The van der Waals surface area contributed by atoms with E-state index >= 15 is 0 Å². The Kier molecular flexibility index (Phi) is 7.28. The van der Waals surface area contributed by atoms with Crippen molar-refractivity contribution in [3.05, 3.63) is 35.4 Å². The highest BCUT2D eigenvalue weighted by atomic mass is 19.4. The summed E-state index contributed by atoms with van der Waals surface area (Å²) in [5.74, 6) is -0.419. The maximum atomic E-state index is 13.4. The van der Waals surface area contributed by atoms with Gasteiger partial charge in [0.25, 0.3) is 0 Å². The number of nitrogens with zero attached hydrogens (tertiary/aromatic N) is 1. The standard InChI is InChI=1S/C20H28F3NO3/c1-3-27-18(26)19(9-12-24(13-10-19)11-8-15(2)25)14-16-6-4-5-7-17(16)20(21,22)23/h4-7,15,25H,3,8-14H2,1-2H3/t15-/m1/s1. The second-order valence-electron chi connectivity index (χ2n) is 7.31. The third-order valence-electron chi connectivity index (χ3n) is 5.24. The first-order valence-corrected chi connectivity index (χ1v) is 9.41. The lowest BCUT2D eigenvalue weighted by Gasteiger charge is -2.40. The number of likely N-dealkylation sites (tertiary alicyclic amines) is 1. The van der Waals surface area contributed by atoms with Gasteiger partial charge in [0.2, 0.25) is 0 Å². The first-order chi connectivity index (χ1) is 12.7. The van der Waals surface area contributed by atoms with Crippen molar-refractivity contribution in [1.29, 1.82) is 0 Å². The summed E-state index contributed by atoms with van der Waals surface area (Å²) in [6.45, 7) is 5.52. The molecule has 0 unspecified atom stereocenters. The number of carbonyl (C=O) groups is 1. The number of carbonyl (C=O) groups excluding carboxylic acids is 1. The molecule has 0 amide bonds. The molecule has 1 heterocycles. The Morgan fingerprint density at radius 2 is 1.93 bits per heavy atom. The summed E-state index contributed by atoms with van der Waals surface area (Å²) in [7, 11) is 0. The molecule has 1 aliphatic heterocycles. The molecule has 1 aromatic carbocycles. The normalized spacial score (nSPS) is 18.9. The van der Waals surface area contributed by atoms with Crippen LogP contribution in [0.1, 0.15) is 44.2 Å². The number of piperidine rings is 1. The first kappa shape index (κ1) is 21.7. The summed E-state index contributed by atoms with van der Waals surface area (Å²) >= 11 is 0. The van der Waals surface area contributed by atoms with Crippen LogP contribution >= 0.6 is 0 Å². The number of halogens is 3. The van der Waals surface area contributed by atoms with Gasteiger partial charge in [0.05, 0.1) is 23.7 Å². The third-order valence-corrected chi connectivity index (χ3v) is 5.24. The summed E-state index contributed by atoms with van der Waals surface area (Å²) < 4.78 is 45.3. The molecule has 1 saturated heterocycles. The molecule has 4 nitrogen and oxygen atoms in total. The summed E-state index contributed by atoms with van der Waals surface area (Å²) in [5.41, 5.74) is -1.50. The van der Waals surface area contributed by atoms with Gasteiger partial charge >= 0.3 is 12.1 Å². The molecular weight excluding hydrogens is 359 g/mol. The average Bonchev–Trinajstić information content (AvgIpc) is 2.61. The van der Waals surface area contributed by atoms with Crippen LogP contribution in [0.3, 0.4) is 0 Å². The van der Waals surface area contributed by atoms with Crippen LogP contribution in [0, 0.1) is 5.41 Å². The summed E-state index contributed by atoms with van der Waals surface area (Å²) in [4.78, 5) is 14.8. The SMILES string of the molecule is CCOC(=O)C1(Cc2ccccc2C(F)(F)F)CCN(CC[C@@H](C)O)CC1. The van der Waals surface area contributed by atoms with Gasteiger partial charge in [-0.25, -0.2) is 0 Å². The lowest BCUT2D eigenvalue weighted by molar-refractivity contribution is -0.159. The van der Waals surface area contributed by atoms with E-state index in [4.69, 9.17) is 4.74 Å². The zero-order valence-corrected chi connectivity index (χ0v) is 15.9. The van der Waals surface area contributed by atoms with Crippen LogP contribution < -0.4 is 0 Å². The molecule has 0 bridgehead atoms. The van der Waals surface area contributed by atoms with Crippen molar-refractivity contribution >= 4 is 5.97 Å². The second-order valence-corrected chi connectivity index (χ2v) is 7.31. The van der Waals surface area contributed by atoms with Crippen molar-refractivity contribution in [3.63, 3.8) is 0 Å². The van der Waals surface area contributed by atoms with Gasteiger partial charge in [-0.2, -0.15) is 13.2 Å². The predicted octanol–water partition coefficient (Wildman–Crippen LogP) is 3.66. The topological polar surface area (TPSA) is 49.8 Å². The lowest BCUT2D eigenvalue weighted by Crippen LogP contribution is -2.47. The van der Waals surface area contributed by atoms with Crippen molar-refractivity contribution in [2.24, 2.45) is 5.41 Å². The van der Waals surface area contributed by atoms with Gasteiger partial charge < -0.3 is 14.7 Å². The van der Waals surface area contributed by atoms with Gasteiger partial charge in [0.1, 0.15) is 0 Å². The number of ether oxygens (including phenoxy) is 1. The molecule has 0 spiro atoms. The van der Waals surface area contributed by atoms with Gasteiger partial charge in [0.15, 0.2) is 0 Å². The lowest BCUT2D eigenvalue weighted by atomic mass is 9.73. The molecule has 1 atom stereocenters. The minimum absolute atomic E-state index is 0.0196. The molecule has 0 radical (unpaired) electrons. The number of benzene rings is 1. The van der Waals surface area contributed by atoms with Crippen LogP contribution in [0.15, 0.2) is 24.3 Å². The molecule has 7 heteroatoms. The first-order valence-electron chi connectivity index (χ1n) is 9.41. The molecular formula is C20H28F3NO3. The zero-order chi connectivity index (χ0) is 20.1. The predicted molar refractivity (Wildman–Crippen MR) is 96.2 cm³/mol. The monoisotopic (exact) mass is 387 g/mol. The summed E-state index contributed by atoms with van der Waals surface area (Å²) in [6.07, 6.45) is -3.32. The molecule has 0 aliphatic carbocycles. The van der Waals surface area contributed by atoms with Crippen LogP contribution in [-0.4, -0.2) is 48.3 Å². The van der Waals surface area contributed by atoms with E-state index in [1.807, 2.05) is 0 Å². The number of hydrogen-bond acceptors (Lipinski definition) is 4. The minimum atomic E-state index is -4.45. The molecule has 1 N–H and O–H groups in total. The highest BCUT2D eigenvalue weighted by Crippen LogP contribution is 2.40. The molecule has 27 heavy (non-hydrogen) atoms. The van der Waals surface area contributed by atoms with E-state index in [0.717, 1.165) is 6.07 Å². The Labute approximate surface area is 158 Å². The number of aliphatic hydroxyl groups is 1. The van der Waals surface area contributed by atoms with E-state index in [2.05, 4.69) is 4.90 Å². The van der Waals surface area contributed by atoms with Crippen molar-refractivity contribution in [3.8, 4) is 0 Å². The zero-order valence-electron chi connectivity index (χ0n) is 15.9. The van der Waals surface area contributed by atoms with Crippen molar-refractivity contribution in [1.82, 2.24) is 4.90 Å². The van der Waals surface area contributed by atoms with Crippen molar-refractivity contribution in [2.45, 2.75) is 51.8 Å². The largest absolute Gasteiger partial charge is 0.466 e. The number of rotatable bonds is 7. The number of esters is 1. The Balaban J connectivity index is 2.21. The summed E-state index contributed by atoms with van der Waals surface area (Å²) in [6, 6.07) is 5.44. The van der Waals surface area contributed by atoms with Crippen molar-refractivity contribution < 1.29 is 27.8 Å². The van der Waals surface area contributed by atoms with Gasteiger partial charge in [0, 0.05) is 6.54 Å². The minimum Gasteiger partial charge on any atom is -0.466 e. The Bertz CT molecular complexity index is 623. The van der Waals surface area contributed by atoms with E-state index in [-0.39, 0.29) is 18.6 Å². The third kappa shape index (κ3) is 5.69. The maximum Gasteiger partial charge on any atom is 0.416 e. The van der Waals surface area contributed by atoms with Crippen LogP contribution in [0.2, 0.25) is 0 Å². The molecule has 1 aliphatic rings. The number of aliphatic hydroxyl groups excluding tert-OH is 1. The fourth-order valence-corrected chi connectivity index (χ4v) is 3.63. The Morgan fingerprint density at radius 3 is 2.48 bits per heavy atom.